The number of hydrogen-bond donors (Lipinski definition) is 1. The Labute approximate surface area is 194 Å². The van der Waals surface area contributed by atoms with Gasteiger partial charge in [0, 0.05) is 30.4 Å². The summed E-state index contributed by atoms with van der Waals surface area (Å²) in [6.45, 7) is 9.99. The van der Waals surface area contributed by atoms with Crippen LogP contribution in [0, 0.1) is 5.92 Å². The normalized spacial score (nSPS) is 14.9. The third-order valence-corrected chi connectivity index (χ3v) is 7.47. The largest absolute Gasteiger partial charge is 0.356 e. The summed E-state index contributed by atoms with van der Waals surface area (Å²) in [7, 11) is 0. The molecular formula is C25H33N5OS. The number of anilines is 1. The fourth-order valence-electron chi connectivity index (χ4n) is 4.39. The third-order valence-electron chi connectivity index (χ3n) is 6.38. The first-order valence-electron chi connectivity index (χ1n) is 11.7. The van der Waals surface area contributed by atoms with Crippen molar-refractivity contribution in [1.29, 1.82) is 0 Å². The number of fused-ring (bicyclic) bond motifs is 1. The summed E-state index contributed by atoms with van der Waals surface area (Å²) < 4.78 is 0. The first-order valence-corrected chi connectivity index (χ1v) is 12.6. The van der Waals surface area contributed by atoms with Crippen LogP contribution in [0.3, 0.4) is 0 Å². The van der Waals surface area contributed by atoms with Crippen LogP contribution in [0.4, 0.5) is 5.82 Å². The lowest BCUT2D eigenvalue weighted by Gasteiger charge is -2.32. The highest BCUT2D eigenvalue weighted by Crippen LogP contribution is 2.36. The fraction of sp³-hybridized carbons (Fsp3) is 0.480. The summed E-state index contributed by atoms with van der Waals surface area (Å²) >= 11 is 1.70. The van der Waals surface area contributed by atoms with Gasteiger partial charge in [0.15, 0.2) is 0 Å². The van der Waals surface area contributed by atoms with Gasteiger partial charge in [0.2, 0.25) is 5.91 Å². The molecule has 0 bridgehead atoms. The summed E-state index contributed by atoms with van der Waals surface area (Å²) in [5.41, 5.74) is 1.21. The molecule has 3 heterocycles. The molecule has 0 aliphatic carbocycles. The summed E-state index contributed by atoms with van der Waals surface area (Å²) in [4.78, 5) is 28.7. The lowest BCUT2D eigenvalue weighted by Crippen LogP contribution is -2.41. The van der Waals surface area contributed by atoms with Crippen molar-refractivity contribution in [2.24, 2.45) is 5.92 Å². The van der Waals surface area contributed by atoms with Gasteiger partial charge in [0.1, 0.15) is 17.0 Å². The second-order valence-corrected chi connectivity index (χ2v) is 9.36. The highest BCUT2D eigenvalue weighted by Gasteiger charge is 2.26. The quantitative estimate of drug-likeness (QED) is 0.488. The molecule has 0 saturated carbocycles. The first kappa shape index (κ1) is 22.7. The maximum absolute atomic E-state index is 12.6. The molecule has 6 nitrogen and oxygen atoms in total. The molecule has 3 aromatic rings. The molecule has 1 N–H and O–H groups in total. The van der Waals surface area contributed by atoms with Gasteiger partial charge in [0.25, 0.3) is 0 Å². The van der Waals surface area contributed by atoms with E-state index in [1.165, 1.54) is 10.4 Å². The number of nitrogens with one attached hydrogen (secondary N) is 1. The average molecular weight is 452 g/mol. The van der Waals surface area contributed by atoms with E-state index in [0.29, 0.717) is 0 Å². The molecule has 170 valence electrons. The summed E-state index contributed by atoms with van der Waals surface area (Å²) in [5.74, 6) is 1.30. The van der Waals surface area contributed by atoms with Gasteiger partial charge >= 0.3 is 0 Å². The van der Waals surface area contributed by atoms with E-state index in [1.807, 2.05) is 6.07 Å². The summed E-state index contributed by atoms with van der Waals surface area (Å²) in [6.07, 6.45) is 4.40. The molecule has 1 aliphatic heterocycles. The minimum atomic E-state index is 0.0967. The van der Waals surface area contributed by atoms with Crippen LogP contribution in [0.15, 0.2) is 42.7 Å². The number of piperidine rings is 1. The molecule has 1 aromatic carbocycles. The van der Waals surface area contributed by atoms with Crippen molar-refractivity contribution in [2.45, 2.75) is 33.1 Å². The topological polar surface area (TPSA) is 61.4 Å². The number of thiophene rings is 1. The Morgan fingerprint density at radius 2 is 1.91 bits per heavy atom. The highest BCUT2D eigenvalue weighted by molar-refractivity contribution is 7.21. The van der Waals surface area contributed by atoms with Gasteiger partial charge in [-0.3, -0.25) is 4.79 Å². The van der Waals surface area contributed by atoms with E-state index in [4.69, 9.17) is 0 Å². The van der Waals surface area contributed by atoms with Crippen LogP contribution >= 0.6 is 11.3 Å². The number of hydrogen-bond acceptors (Lipinski definition) is 6. The van der Waals surface area contributed by atoms with E-state index >= 15 is 0 Å². The van der Waals surface area contributed by atoms with Gasteiger partial charge in [-0.2, -0.15) is 0 Å². The predicted octanol–water partition coefficient (Wildman–Crippen LogP) is 4.42. The molecule has 0 radical (unpaired) electrons. The summed E-state index contributed by atoms with van der Waals surface area (Å²) in [6, 6.07) is 12.6. The van der Waals surface area contributed by atoms with Crippen molar-refractivity contribution in [3.8, 4) is 10.4 Å². The van der Waals surface area contributed by atoms with Gasteiger partial charge in [-0.15, -0.1) is 11.3 Å². The minimum absolute atomic E-state index is 0.0967. The molecule has 7 heteroatoms. The number of benzene rings is 1. The molecule has 1 fully saturated rings. The minimum Gasteiger partial charge on any atom is -0.356 e. The lowest BCUT2D eigenvalue weighted by molar-refractivity contribution is -0.125. The zero-order valence-electron chi connectivity index (χ0n) is 19.1. The van der Waals surface area contributed by atoms with Gasteiger partial charge in [-0.1, -0.05) is 44.2 Å². The van der Waals surface area contributed by atoms with E-state index in [-0.39, 0.29) is 11.8 Å². The maximum atomic E-state index is 12.6. The third kappa shape index (κ3) is 5.27. The van der Waals surface area contributed by atoms with E-state index in [0.717, 1.165) is 74.6 Å². The second-order valence-electron chi connectivity index (χ2n) is 8.33. The van der Waals surface area contributed by atoms with Gasteiger partial charge in [-0.05, 0) is 50.5 Å². The van der Waals surface area contributed by atoms with Crippen LogP contribution < -0.4 is 10.2 Å². The Morgan fingerprint density at radius 3 is 2.62 bits per heavy atom. The van der Waals surface area contributed by atoms with Crippen LogP contribution in [-0.4, -0.2) is 60.0 Å². The Kier molecular flexibility index (Phi) is 7.71. The van der Waals surface area contributed by atoms with Crippen molar-refractivity contribution in [2.75, 3.05) is 44.2 Å². The number of rotatable bonds is 9. The lowest BCUT2D eigenvalue weighted by atomic mass is 9.95. The Morgan fingerprint density at radius 1 is 1.16 bits per heavy atom. The number of carbonyl (C=O) groups is 1. The van der Waals surface area contributed by atoms with Crippen LogP contribution in [0.2, 0.25) is 0 Å². The number of aromatic nitrogens is 2. The van der Waals surface area contributed by atoms with Crippen molar-refractivity contribution >= 4 is 33.3 Å². The molecule has 1 amide bonds. The molecule has 0 atom stereocenters. The molecule has 4 rings (SSSR count). The van der Waals surface area contributed by atoms with Gasteiger partial charge < -0.3 is 15.1 Å². The van der Waals surface area contributed by atoms with Crippen molar-refractivity contribution in [3.63, 3.8) is 0 Å². The van der Waals surface area contributed by atoms with Crippen LogP contribution in [0.25, 0.3) is 20.7 Å². The summed E-state index contributed by atoms with van der Waals surface area (Å²) in [5, 5.41) is 4.26. The highest BCUT2D eigenvalue weighted by atomic mass is 32.1. The van der Waals surface area contributed by atoms with Crippen LogP contribution in [-0.2, 0) is 4.79 Å². The molecular weight excluding hydrogens is 418 g/mol. The molecule has 0 spiro atoms. The maximum Gasteiger partial charge on any atom is 0.223 e. The number of nitrogens with zero attached hydrogens (tertiary/aromatic N) is 4. The second kappa shape index (κ2) is 10.9. The van der Waals surface area contributed by atoms with E-state index < -0.39 is 0 Å². The zero-order valence-corrected chi connectivity index (χ0v) is 19.9. The van der Waals surface area contributed by atoms with Gasteiger partial charge in [0.05, 0.1) is 5.39 Å². The number of carbonyl (C=O) groups excluding carboxylic acids is 1. The first-order chi connectivity index (χ1) is 15.7. The van der Waals surface area contributed by atoms with E-state index in [9.17, 15) is 4.79 Å². The number of amides is 1. The van der Waals surface area contributed by atoms with E-state index in [1.54, 1.807) is 17.7 Å². The Balaban J connectivity index is 1.34. The average Bonchev–Trinajstić information content (AvgIpc) is 3.29. The van der Waals surface area contributed by atoms with Crippen molar-refractivity contribution in [1.82, 2.24) is 20.2 Å². The zero-order chi connectivity index (χ0) is 22.3. The SMILES string of the molecule is CCN(CC)CCCNC(=O)C1CCN(c2ncnc3sc(-c4ccccc4)cc23)CC1. The predicted molar refractivity (Wildman–Crippen MR) is 133 cm³/mol. The van der Waals surface area contributed by atoms with Gasteiger partial charge in [-0.25, -0.2) is 9.97 Å². The van der Waals surface area contributed by atoms with Crippen LogP contribution in [0.1, 0.15) is 33.1 Å². The fourth-order valence-corrected chi connectivity index (χ4v) is 5.39. The molecule has 1 saturated heterocycles. The molecule has 1 aliphatic rings. The monoisotopic (exact) mass is 451 g/mol. The van der Waals surface area contributed by atoms with Crippen molar-refractivity contribution < 1.29 is 4.79 Å². The van der Waals surface area contributed by atoms with E-state index in [2.05, 4.69) is 69.3 Å². The smallest absolute Gasteiger partial charge is 0.223 e. The molecule has 0 unspecified atom stereocenters. The molecule has 32 heavy (non-hydrogen) atoms. The van der Waals surface area contributed by atoms with Crippen LogP contribution in [0.5, 0.6) is 0 Å². The molecule has 2 aromatic heterocycles. The van der Waals surface area contributed by atoms with Crippen molar-refractivity contribution in [3.05, 3.63) is 42.7 Å². The Hall–Kier alpha value is -2.51. The Bertz CT molecular complexity index is 1010. The standard InChI is InChI=1S/C25H33N5OS/c1-3-29(4-2)14-8-13-26-24(31)20-11-15-30(16-12-20)23-21-17-22(19-9-6-5-7-10-19)32-25(21)28-18-27-23/h5-7,9-10,17-18,20H,3-4,8,11-16H2,1-2H3,(H,26,31).